The lowest BCUT2D eigenvalue weighted by Crippen LogP contribution is -2.36. The van der Waals surface area contributed by atoms with Crippen LogP contribution in [0.15, 0.2) is 11.8 Å². The lowest BCUT2D eigenvalue weighted by Gasteiger charge is -2.32. The number of hydrogen-bond acceptors (Lipinski definition) is 3. The van der Waals surface area contributed by atoms with Gasteiger partial charge in [0, 0.05) is 35.1 Å². The molecule has 25 heavy (non-hydrogen) atoms. The molecule has 4 fully saturated rings. The van der Waals surface area contributed by atoms with Crippen LogP contribution in [0.4, 0.5) is 0 Å². The zero-order chi connectivity index (χ0) is 18.4. The molecule has 4 aliphatic carbocycles. The van der Waals surface area contributed by atoms with E-state index in [0.717, 1.165) is 31.3 Å². The van der Waals surface area contributed by atoms with Gasteiger partial charge in [0.2, 0.25) is 0 Å². The Hall–Kier alpha value is -1.12. The van der Waals surface area contributed by atoms with Crippen LogP contribution in [0.2, 0.25) is 0 Å². The van der Waals surface area contributed by atoms with Crippen LogP contribution < -0.4 is 5.32 Å². The average molecular weight is 344 g/mol. The van der Waals surface area contributed by atoms with Crippen molar-refractivity contribution in [3.8, 4) is 0 Å². The Labute approximate surface area is 152 Å². The Balaban J connectivity index is 1.50. The highest BCUT2D eigenvalue weighted by molar-refractivity contribution is 6.04. The van der Waals surface area contributed by atoms with Gasteiger partial charge in [0.15, 0.2) is 5.78 Å². The molecule has 0 aliphatic heterocycles. The number of rotatable bonds is 3. The second-order valence-electron chi connectivity index (χ2n) is 10.7. The third kappa shape index (κ3) is 1.78. The summed E-state index contributed by atoms with van der Waals surface area (Å²) in [4.78, 5) is 25.9. The van der Waals surface area contributed by atoms with Gasteiger partial charge in [-0.1, -0.05) is 41.5 Å². The maximum Gasteiger partial charge on any atom is 0.167 e. The van der Waals surface area contributed by atoms with Crippen molar-refractivity contribution in [3.63, 3.8) is 0 Å². The highest BCUT2D eigenvalue weighted by Gasteiger charge is 2.66. The maximum atomic E-state index is 12.9. The summed E-state index contributed by atoms with van der Waals surface area (Å²) in [6.07, 6.45) is 6.28. The molecule has 0 saturated heterocycles. The van der Waals surface area contributed by atoms with E-state index in [0.29, 0.717) is 29.9 Å². The fraction of sp³-hybridized carbons (Fsp3) is 0.818. The maximum absolute atomic E-state index is 12.9. The van der Waals surface area contributed by atoms with Gasteiger partial charge in [-0.3, -0.25) is 9.59 Å². The van der Waals surface area contributed by atoms with E-state index in [1.54, 1.807) is 0 Å². The minimum absolute atomic E-state index is 0.0509. The first-order chi connectivity index (χ1) is 11.5. The quantitative estimate of drug-likeness (QED) is 0.784. The average Bonchev–Trinajstić information content (AvgIpc) is 3.01. The number of Topliss-reactive ketones (excluding diaryl/α,β-unsaturated/α-hetero) is 2. The summed E-state index contributed by atoms with van der Waals surface area (Å²) < 4.78 is 0. The molecular weight excluding hydrogens is 310 g/mol. The molecule has 1 N–H and O–H groups in total. The summed E-state index contributed by atoms with van der Waals surface area (Å²) in [6, 6.07) is 0. The molecule has 0 amide bonds. The molecule has 0 radical (unpaired) electrons. The number of nitrogens with one attached hydrogen (secondary N) is 1. The summed E-state index contributed by atoms with van der Waals surface area (Å²) in [6.45, 7) is 14.0. The highest BCUT2D eigenvalue weighted by Crippen LogP contribution is 2.66. The van der Waals surface area contributed by atoms with Crippen LogP contribution in [0.25, 0.3) is 0 Å². The third-order valence-corrected chi connectivity index (χ3v) is 9.63. The molecule has 3 heteroatoms. The van der Waals surface area contributed by atoms with Crippen molar-refractivity contribution in [1.82, 2.24) is 5.32 Å². The van der Waals surface area contributed by atoms with Crippen molar-refractivity contribution in [2.45, 2.75) is 67.2 Å². The van der Waals surface area contributed by atoms with Gasteiger partial charge in [-0.2, -0.15) is 0 Å². The summed E-state index contributed by atoms with van der Waals surface area (Å²) in [5.41, 5.74) is 0.758. The number of carbonyl (C=O) groups is 2. The summed E-state index contributed by atoms with van der Waals surface area (Å²) in [5.74, 6) is 1.70. The molecule has 4 bridgehead atoms. The van der Waals surface area contributed by atoms with Crippen molar-refractivity contribution in [1.29, 1.82) is 0 Å². The third-order valence-electron chi connectivity index (χ3n) is 9.63. The molecule has 4 rings (SSSR count). The highest BCUT2D eigenvalue weighted by atomic mass is 16.1. The van der Waals surface area contributed by atoms with Gasteiger partial charge in [-0.25, -0.2) is 0 Å². The fourth-order valence-corrected chi connectivity index (χ4v) is 6.90. The Morgan fingerprint density at radius 2 is 1.60 bits per heavy atom. The zero-order valence-corrected chi connectivity index (χ0v) is 16.7. The fourth-order valence-electron chi connectivity index (χ4n) is 6.90. The first-order valence-corrected chi connectivity index (χ1v) is 10.0. The van der Waals surface area contributed by atoms with E-state index in [-0.39, 0.29) is 27.6 Å². The molecule has 5 atom stereocenters. The predicted molar refractivity (Wildman–Crippen MR) is 98.8 cm³/mol. The van der Waals surface area contributed by atoms with E-state index in [1.165, 1.54) is 0 Å². The van der Waals surface area contributed by atoms with Crippen molar-refractivity contribution < 1.29 is 9.59 Å². The molecule has 3 nitrogen and oxygen atoms in total. The molecule has 0 aromatic carbocycles. The Morgan fingerprint density at radius 3 is 2.12 bits per heavy atom. The molecule has 0 aromatic heterocycles. The largest absolute Gasteiger partial charge is 0.390 e. The van der Waals surface area contributed by atoms with Crippen LogP contribution in [-0.2, 0) is 9.59 Å². The monoisotopic (exact) mass is 343 g/mol. The SMILES string of the molecule is CC1(C)[C@@H]2CC[C@]1(C)C(=O)[C@H]2CN/C=C1\C(=O)[C@@]2(C)CC[C@@H]1C2(C)C. The first kappa shape index (κ1) is 17.3. The molecule has 0 unspecified atom stereocenters. The Kier molecular flexibility index (Phi) is 3.31. The van der Waals surface area contributed by atoms with E-state index in [2.05, 4.69) is 46.9 Å². The molecule has 0 heterocycles. The molecule has 0 spiro atoms. The second kappa shape index (κ2) is 4.78. The second-order valence-corrected chi connectivity index (χ2v) is 10.7. The minimum atomic E-state index is -0.205. The van der Waals surface area contributed by atoms with Gasteiger partial charge in [0.05, 0.1) is 0 Å². The van der Waals surface area contributed by atoms with Gasteiger partial charge < -0.3 is 5.32 Å². The Bertz CT molecular complexity index is 688. The van der Waals surface area contributed by atoms with E-state index in [4.69, 9.17) is 0 Å². The van der Waals surface area contributed by atoms with E-state index < -0.39 is 0 Å². The van der Waals surface area contributed by atoms with Crippen LogP contribution in [0.1, 0.15) is 67.2 Å². The van der Waals surface area contributed by atoms with Crippen molar-refractivity contribution in [2.75, 3.05) is 6.54 Å². The molecule has 0 aromatic rings. The van der Waals surface area contributed by atoms with Gasteiger partial charge >= 0.3 is 0 Å². The van der Waals surface area contributed by atoms with E-state index in [1.807, 2.05) is 6.20 Å². The van der Waals surface area contributed by atoms with Crippen LogP contribution >= 0.6 is 0 Å². The number of allylic oxidation sites excluding steroid dienone is 1. The number of fused-ring (bicyclic) bond motifs is 4. The lowest BCUT2D eigenvalue weighted by molar-refractivity contribution is -0.131. The first-order valence-electron chi connectivity index (χ1n) is 10.0. The molecule has 138 valence electrons. The smallest absolute Gasteiger partial charge is 0.167 e. The van der Waals surface area contributed by atoms with Gasteiger partial charge in [0.25, 0.3) is 0 Å². The summed E-state index contributed by atoms with van der Waals surface area (Å²) in [7, 11) is 0. The Morgan fingerprint density at radius 1 is 0.960 bits per heavy atom. The molecule has 4 aliphatic rings. The van der Waals surface area contributed by atoms with E-state index >= 15 is 0 Å². The standard InChI is InChI=1S/C22H33NO2/c1-19(2)15-7-9-21(19,5)17(24)13(15)11-23-12-14-16-8-10-22(6,18(14)25)20(16,3)4/h11,14-16,23H,7-10,12H2,1-6H3/b13-11-/t14-,15-,16+,21+,22+/m0/s1. The van der Waals surface area contributed by atoms with Gasteiger partial charge in [0.1, 0.15) is 5.78 Å². The minimum Gasteiger partial charge on any atom is -0.390 e. The van der Waals surface area contributed by atoms with Crippen molar-refractivity contribution >= 4 is 11.6 Å². The van der Waals surface area contributed by atoms with Crippen LogP contribution in [0.5, 0.6) is 0 Å². The van der Waals surface area contributed by atoms with Crippen LogP contribution in [-0.4, -0.2) is 18.1 Å². The molecule has 4 saturated carbocycles. The summed E-state index contributed by atoms with van der Waals surface area (Å²) in [5, 5.41) is 3.41. The number of ketones is 2. The van der Waals surface area contributed by atoms with Crippen molar-refractivity contribution in [2.24, 2.45) is 39.4 Å². The summed E-state index contributed by atoms with van der Waals surface area (Å²) >= 11 is 0. The predicted octanol–water partition coefficient (Wildman–Crippen LogP) is 4.13. The van der Waals surface area contributed by atoms with E-state index in [9.17, 15) is 9.59 Å². The lowest BCUT2D eigenvalue weighted by atomic mass is 9.70. The number of hydrogen-bond donors (Lipinski definition) is 1. The number of carbonyl (C=O) groups excluding carboxylic acids is 2. The van der Waals surface area contributed by atoms with Gasteiger partial charge in [-0.05, 0) is 48.3 Å². The van der Waals surface area contributed by atoms with Crippen LogP contribution in [0.3, 0.4) is 0 Å². The zero-order valence-electron chi connectivity index (χ0n) is 16.7. The van der Waals surface area contributed by atoms with Crippen LogP contribution in [0, 0.1) is 39.4 Å². The normalized spacial score (nSPS) is 47.9. The molecular formula is C22H33NO2. The van der Waals surface area contributed by atoms with Gasteiger partial charge in [-0.15, -0.1) is 0 Å². The van der Waals surface area contributed by atoms with Crippen molar-refractivity contribution in [3.05, 3.63) is 11.8 Å². The topological polar surface area (TPSA) is 46.2 Å².